The molecule has 1 aliphatic rings. The number of hydrogen-bond acceptors (Lipinski definition) is 3. The third kappa shape index (κ3) is 2.78. The molecule has 2 atom stereocenters. The van der Waals surface area contributed by atoms with Crippen molar-refractivity contribution in [3.05, 3.63) is 24.3 Å². The van der Waals surface area contributed by atoms with Crippen LogP contribution in [0.1, 0.15) is 33.6 Å². The monoisotopic (exact) mass is 249 g/mol. The smallest absolute Gasteiger partial charge is 0.120 e. The van der Waals surface area contributed by atoms with Gasteiger partial charge in [-0.2, -0.15) is 0 Å². The second-order valence-corrected chi connectivity index (χ2v) is 5.61. The predicted octanol–water partition coefficient (Wildman–Crippen LogP) is 2.98. The fourth-order valence-electron chi connectivity index (χ4n) is 2.45. The van der Waals surface area contributed by atoms with Crippen molar-refractivity contribution < 1.29 is 9.47 Å². The number of hydrogen-bond donors (Lipinski definition) is 1. The molecule has 2 N–H and O–H groups in total. The summed E-state index contributed by atoms with van der Waals surface area (Å²) >= 11 is 0. The summed E-state index contributed by atoms with van der Waals surface area (Å²) in [6.45, 7) is 7.07. The van der Waals surface area contributed by atoms with Gasteiger partial charge in [0.15, 0.2) is 0 Å². The Morgan fingerprint density at radius 1 is 1.22 bits per heavy atom. The number of benzene rings is 1. The summed E-state index contributed by atoms with van der Waals surface area (Å²) in [5, 5.41) is 0. The summed E-state index contributed by atoms with van der Waals surface area (Å²) in [6.07, 6.45) is 2.27. The molecule has 1 aliphatic carbocycles. The van der Waals surface area contributed by atoms with E-state index in [2.05, 4.69) is 13.8 Å². The van der Waals surface area contributed by atoms with Crippen LogP contribution in [0.4, 0.5) is 0 Å². The third-order valence-corrected chi connectivity index (χ3v) is 3.80. The van der Waals surface area contributed by atoms with Gasteiger partial charge in [-0.15, -0.1) is 0 Å². The van der Waals surface area contributed by atoms with E-state index in [0.717, 1.165) is 24.3 Å². The van der Waals surface area contributed by atoms with Crippen LogP contribution in [0.2, 0.25) is 0 Å². The number of nitrogens with two attached hydrogens (primary N) is 1. The molecular weight excluding hydrogens is 226 g/mol. The third-order valence-electron chi connectivity index (χ3n) is 3.80. The van der Waals surface area contributed by atoms with Gasteiger partial charge in [-0.1, -0.05) is 13.8 Å². The van der Waals surface area contributed by atoms with Gasteiger partial charge in [0.05, 0.1) is 6.61 Å². The van der Waals surface area contributed by atoms with E-state index in [4.69, 9.17) is 15.2 Å². The Morgan fingerprint density at radius 3 is 2.33 bits per heavy atom. The molecule has 1 aromatic carbocycles. The highest BCUT2D eigenvalue weighted by atomic mass is 16.5. The Kier molecular flexibility index (Phi) is 3.81. The zero-order valence-corrected chi connectivity index (χ0v) is 11.5. The first-order valence-electron chi connectivity index (χ1n) is 6.68. The van der Waals surface area contributed by atoms with Crippen molar-refractivity contribution in [1.29, 1.82) is 0 Å². The van der Waals surface area contributed by atoms with Crippen molar-refractivity contribution in [2.45, 2.75) is 45.8 Å². The summed E-state index contributed by atoms with van der Waals surface area (Å²) in [5.41, 5.74) is 6.41. The van der Waals surface area contributed by atoms with Crippen LogP contribution >= 0.6 is 0 Å². The molecule has 0 heterocycles. The van der Waals surface area contributed by atoms with Crippen LogP contribution in [-0.4, -0.2) is 18.8 Å². The Bertz CT molecular complexity index is 386. The van der Waals surface area contributed by atoms with Crippen LogP contribution in [-0.2, 0) is 0 Å². The molecule has 2 unspecified atom stereocenters. The molecule has 0 bridgehead atoms. The largest absolute Gasteiger partial charge is 0.494 e. The maximum atomic E-state index is 6.23. The molecular formula is C15H23NO2. The lowest BCUT2D eigenvalue weighted by atomic mass is 9.88. The fourth-order valence-corrected chi connectivity index (χ4v) is 2.45. The van der Waals surface area contributed by atoms with Crippen molar-refractivity contribution >= 4 is 0 Å². The normalized spacial score (nSPS) is 26.0. The van der Waals surface area contributed by atoms with Gasteiger partial charge in [0, 0.05) is 6.04 Å². The van der Waals surface area contributed by atoms with Crippen LogP contribution in [0.15, 0.2) is 24.3 Å². The van der Waals surface area contributed by atoms with E-state index in [9.17, 15) is 0 Å². The predicted molar refractivity (Wildman–Crippen MR) is 73.0 cm³/mol. The zero-order valence-electron chi connectivity index (χ0n) is 11.5. The lowest BCUT2D eigenvalue weighted by Crippen LogP contribution is -2.42. The molecule has 0 spiro atoms. The standard InChI is InChI=1S/C15H23NO2/c1-4-17-11-5-7-12(8-6-11)18-13-9-10-15(2,3)14(13)16/h5-8,13-14H,4,9-10,16H2,1-3H3. The summed E-state index contributed by atoms with van der Waals surface area (Å²) in [7, 11) is 0. The van der Waals surface area contributed by atoms with Crippen LogP contribution in [0.3, 0.4) is 0 Å². The summed E-state index contributed by atoms with van der Waals surface area (Å²) < 4.78 is 11.4. The van der Waals surface area contributed by atoms with E-state index in [1.807, 2.05) is 31.2 Å². The lowest BCUT2D eigenvalue weighted by molar-refractivity contribution is 0.164. The maximum Gasteiger partial charge on any atom is 0.120 e. The van der Waals surface area contributed by atoms with Crippen LogP contribution in [0, 0.1) is 5.41 Å². The van der Waals surface area contributed by atoms with Gasteiger partial charge in [0.2, 0.25) is 0 Å². The highest BCUT2D eigenvalue weighted by Crippen LogP contribution is 2.38. The van der Waals surface area contributed by atoms with E-state index in [1.54, 1.807) is 0 Å². The van der Waals surface area contributed by atoms with Gasteiger partial charge in [0.25, 0.3) is 0 Å². The fraction of sp³-hybridized carbons (Fsp3) is 0.600. The number of ether oxygens (including phenoxy) is 2. The molecule has 0 amide bonds. The van der Waals surface area contributed by atoms with Crippen molar-refractivity contribution in [3.63, 3.8) is 0 Å². The minimum atomic E-state index is 0.101. The first kappa shape index (κ1) is 13.2. The van der Waals surface area contributed by atoms with Crippen molar-refractivity contribution in [2.75, 3.05) is 6.61 Å². The highest BCUT2D eigenvalue weighted by molar-refractivity contribution is 5.31. The Hall–Kier alpha value is -1.22. The summed E-state index contributed by atoms with van der Waals surface area (Å²) in [4.78, 5) is 0. The van der Waals surface area contributed by atoms with Gasteiger partial charge in [-0.05, 0) is 49.4 Å². The van der Waals surface area contributed by atoms with E-state index in [0.29, 0.717) is 6.61 Å². The van der Waals surface area contributed by atoms with E-state index >= 15 is 0 Å². The SMILES string of the molecule is CCOc1ccc(OC2CCC(C)(C)C2N)cc1. The average molecular weight is 249 g/mol. The lowest BCUT2D eigenvalue weighted by Gasteiger charge is -2.27. The van der Waals surface area contributed by atoms with E-state index < -0.39 is 0 Å². The molecule has 1 saturated carbocycles. The topological polar surface area (TPSA) is 44.5 Å². The summed E-state index contributed by atoms with van der Waals surface area (Å²) in [6, 6.07) is 7.87. The van der Waals surface area contributed by atoms with Gasteiger partial charge >= 0.3 is 0 Å². The van der Waals surface area contributed by atoms with Crippen LogP contribution < -0.4 is 15.2 Å². The molecule has 1 aromatic rings. The molecule has 3 nitrogen and oxygen atoms in total. The molecule has 3 heteroatoms. The van der Waals surface area contributed by atoms with Gasteiger partial charge in [-0.3, -0.25) is 0 Å². The molecule has 0 aliphatic heterocycles. The Labute approximate surface area is 109 Å². The molecule has 100 valence electrons. The first-order valence-corrected chi connectivity index (χ1v) is 6.68. The number of rotatable bonds is 4. The van der Waals surface area contributed by atoms with Crippen LogP contribution in [0.25, 0.3) is 0 Å². The quantitative estimate of drug-likeness (QED) is 0.892. The van der Waals surface area contributed by atoms with E-state index in [-0.39, 0.29) is 17.6 Å². The molecule has 0 aromatic heterocycles. The van der Waals surface area contributed by atoms with E-state index in [1.165, 1.54) is 0 Å². The van der Waals surface area contributed by atoms with Crippen LogP contribution in [0.5, 0.6) is 11.5 Å². The molecule has 0 radical (unpaired) electrons. The zero-order chi connectivity index (χ0) is 13.2. The minimum absolute atomic E-state index is 0.101. The van der Waals surface area contributed by atoms with Gasteiger partial charge < -0.3 is 15.2 Å². The molecule has 2 rings (SSSR count). The molecule has 1 fully saturated rings. The maximum absolute atomic E-state index is 6.23. The van der Waals surface area contributed by atoms with Crippen molar-refractivity contribution in [3.8, 4) is 11.5 Å². The summed E-state index contributed by atoms with van der Waals surface area (Å²) in [5.74, 6) is 1.75. The van der Waals surface area contributed by atoms with Gasteiger partial charge in [-0.25, -0.2) is 0 Å². The second-order valence-electron chi connectivity index (χ2n) is 5.61. The highest BCUT2D eigenvalue weighted by Gasteiger charge is 2.40. The second kappa shape index (κ2) is 5.19. The van der Waals surface area contributed by atoms with Gasteiger partial charge in [0.1, 0.15) is 17.6 Å². The Balaban J connectivity index is 1.98. The van der Waals surface area contributed by atoms with Crippen molar-refractivity contribution in [1.82, 2.24) is 0 Å². The average Bonchev–Trinajstić information content (AvgIpc) is 2.59. The minimum Gasteiger partial charge on any atom is -0.494 e. The Morgan fingerprint density at radius 2 is 1.83 bits per heavy atom. The molecule has 0 saturated heterocycles. The van der Waals surface area contributed by atoms with Crippen molar-refractivity contribution in [2.24, 2.45) is 11.1 Å². The first-order chi connectivity index (χ1) is 8.53. The molecule has 18 heavy (non-hydrogen) atoms.